The summed E-state index contributed by atoms with van der Waals surface area (Å²) in [6.45, 7) is 4.03. The van der Waals surface area contributed by atoms with Crippen LogP contribution in [0.4, 0.5) is 0 Å². The molecule has 1 aliphatic heterocycles. The summed E-state index contributed by atoms with van der Waals surface area (Å²) in [4.78, 5) is 8.22. The number of hydrogen-bond donors (Lipinski definition) is 0. The van der Waals surface area contributed by atoms with Gasteiger partial charge in [-0.1, -0.05) is 11.8 Å². The van der Waals surface area contributed by atoms with Crippen molar-refractivity contribution in [3.63, 3.8) is 0 Å². The maximum Gasteiger partial charge on any atom is 0.208 e. The summed E-state index contributed by atoms with van der Waals surface area (Å²) < 4.78 is 0. The van der Waals surface area contributed by atoms with Gasteiger partial charge in [0, 0.05) is 26.2 Å². The maximum absolute atomic E-state index is 8.46. The third kappa shape index (κ3) is 2.90. The average molecular weight is 198 g/mol. The predicted octanol–water partition coefficient (Wildman–Crippen LogP) is 0.434. The Morgan fingerprint density at radius 2 is 2.00 bits per heavy atom. The van der Waals surface area contributed by atoms with Crippen LogP contribution in [0.5, 0.6) is 0 Å². The van der Waals surface area contributed by atoms with E-state index in [2.05, 4.69) is 21.8 Å². The van der Waals surface area contributed by atoms with Crippen molar-refractivity contribution in [2.24, 2.45) is 4.99 Å². The SMILES string of the molecule is CSC(=NC#N)N1CCN(C)CC1. The monoisotopic (exact) mass is 198 g/mol. The Labute approximate surface area is 83.2 Å². The van der Waals surface area contributed by atoms with Crippen LogP contribution in [0.2, 0.25) is 0 Å². The minimum atomic E-state index is 0.843. The molecule has 1 fully saturated rings. The van der Waals surface area contributed by atoms with Crippen LogP contribution in [-0.4, -0.2) is 54.4 Å². The van der Waals surface area contributed by atoms with Gasteiger partial charge in [-0.2, -0.15) is 5.26 Å². The zero-order valence-corrected chi connectivity index (χ0v) is 8.84. The molecule has 72 valence electrons. The molecule has 0 N–H and O–H groups in total. The summed E-state index contributed by atoms with van der Waals surface area (Å²) in [5.41, 5.74) is 0. The highest BCUT2D eigenvalue weighted by Gasteiger charge is 2.16. The Morgan fingerprint density at radius 1 is 1.38 bits per heavy atom. The minimum absolute atomic E-state index is 0.843. The fraction of sp³-hybridized carbons (Fsp3) is 0.750. The number of likely N-dealkylation sites (N-methyl/N-ethyl adjacent to an activating group) is 1. The zero-order chi connectivity index (χ0) is 9.68. The van der Waals surface area contributed by atoms with E-state index >= 15 is 0 Å². The van der Waals surface area contributed by atoms with Gasteiger partial charge in [-0.3, -0.25) is 0 Å². The van der Waals surface area contributed by atoms with E-state index in [0.29, 0.717) is 0 Å². The summed E-state index contributed by atoms with van der Waals surface area (Å²) in [7, 11) is 2.11. The number of nitrogens with zero attached hydrogens (tertiary/aromatic N) is 4. The fourth-order valence-electron chi connectivity index (χ4n) is 1.29. The molecule has 5 heteroatoms. The number of thioether (sulfide) groups is 1. The molecule has 0 bridgehead atoms. The van der Waals surface area contributed by atoms with Gasteiger partial charge >= 0.3 is 0 Å². The van der Waals surface area contributed by atoms with Gasteiger partial charge < -0.3 is 9.80 Å². The van der Waals surface area contributed by atoms with Crippen LogP contribution in [0.15, 0.2) is 4.99 Å². The first-order valence-corrected chi connectivity index (χ1v) is 5.44. The number of amidine groups is 1. The van der Waals surface area contributed by atoms with E-state index in [0.717, 1.165) is 31.3 Å². The van der Waals surface area contributed by atoms with Gasteiger partial charge in [0.25, 0.3) is 0 Å². The number of hydrogen-bond acceptors (Lipinski definition) is 4. The van der Waals surface area contributed by atoms with E-state index in [4.69, 9.17) is 5.26 Å². The second-order valence-electron chi connectivity index (χ2n) is 2.99. The Kier molecular flexibility index (Phi) is 4.06. The molecule has 0 atom stereocenters. The summed E-state index contributed by atoms with van der Waals surface area (Å²) >= 11 is 1.54. The molecule has 1 heterocycles. The van der Waals surface area contributed by atoms with Gasteiger partial charge in [0.2, 0.25) is 6.19 Å². The topological polar surface area (TPSA) is 42.6 Å². The van der Waals surface area contributed by atoms with Gasteiger partial charge in [0.15, 0.2) is 5.17 Å². The molecule has 0 unspecified atom stereocenters. The van der Waals surface area contributed by atoms with Crippen LogP contribution in [0.25, 0.3) is 0 Å². The zero-order valence-electron chi connectivity index (χ0n) is 8.03. The molecule has 0 saturated carbocycles. The molecule has 1 aliphatic rings. The van der Waals surface area contributed by atoms with Crippen molar-refractivity contribution < 1.29 is 0 Å². The van der Waals surface area contributed by atoms with Gasteiger partial charge in [-0.15, -0.1) is 4.99 Å². The van der Waals surface area contributed by atoms with Crippen LogP contribution in [0.3, 0.4) is 0 Å². The van der Waals surface area contributed by atoms with Crippen LogP contribution < -0.4 is 0 Å². The smallest absolute Gasteiger partial charge is 0.208 e. The van der Waals surface area contributed by atoms with Crippen molar-refractivity contribution >= 4 is 16.9 Å². The standard InChI is InChI=1S/C8H14N4S/c1-11-3-5-12(6-4-11)8(13-2)10-7-9/h3-6H2,1-2H3. The minimum Gasteiger partial charge on any atom is -0.348 e. The molecule has 0 spiro atoms. The Morgan fingerprint density at radius 3 is 2.46 bits per heavy atom. The van der Waals surface area contributed by atoms with Crippen LogP contribution in [0.1, 0.15) is 0 Å². The molecule has 13 heavy (non-hydrogen) atoms. The predicted molar refractivity (Wildman–Crippen MR) is 55.6 cm³/mol. The van der Waals surface area contributed by atoms with E-state index in [1.54, 1.807) is 0 Å². The normalized spacial score (nSPS) is 20.1. The van der Waals surface area contributed by atoms with Gasteiger partial charge in [0.1, 0.15) is 0 Å². The van der Waals surface area contributed by atoms with Crippen molar-refractivity contribution in [3.05, 3.63) is 0 Å². The van der Waals surface area contributed by atoms with Gasteiger partial charge in [-0.25, -0.2) is 0 Å². The maximum atomic E-state index is 8.46. The van der Waals surface area contributed by atoms with Crippen molar-refractivity contribution in [3.8, 4) is 6.19 Å². The van der Waals surface area contributed by atoms with E-state index < -0.39 is 0 Å². The number of nitriles is 1. The first kappa shape index (κ1) is 10.4. The molecule has 0 aromatic carbocycles. The second-order valence-corrected chi connectivity index (χ2v) is 3.76. The summed E-state index contributed by atoms with van der Waals surface area (Å²) in [6.07, 6.45) is 3.79. The molecule has 1 saturated heterocycles. The summed E-state index contributed by atoms with van der Waals surface area (Å²) in [6, 6.07) is 0. The van der Waals surface area contributed by atoms with E-state index in [9.17, 15) is 0 Å². The van der Waals surface area contributed by atoms with E-state index in [1.807, 2.05) is 12.4 Å². The number of piperazine rings is 1. The fourth-order valence-corrected chi connectivity index (χ4v) is 1.86. The molecule has 0 aromatic heterocycles. The molecule has 1 rings (SSSR count). The molecule has 0 aliphatic carbocycles. The molecule has 0 radical (unpaired) electrons. The van der Waals surface area contributed by atoms with Crippen molar-refractivity contribution in [1.29, 1.82) is 5.26 Å². The largest absolute Gasteiger partial charge is 0.348 e. The lowest BCUT2D eigenvalue weighted by Crippen LogP contribution is -2.46. The van der Waals surface area contributed by atoms with Crippen molar-refractivity contribution in [1.82, 2.24) is 9.80 Å². The average Bonchev–Trinajstić information content (AvgIpc) is 2.16. The van der Waals surface area contributed by atoms with Crippen molar-refractivity contribution in [2.75, 3.05) is 39.5 Å². The molecule has 0 amide bonds. The highest BCUT2D eigenvalue weighted by Crippen LogP contribution is 2.08. The Balaban J connectivity index is 2.52. The molecule has 0 aromatic rings. The van der Waals surface area contributed by atoms with E-state index in [1.165, 1.54) is 11.8 Å². The summed E-state index contributed by atoms with van der Waals surface area (Å²) in [5.74, 6) is 0. The third-order valence-electron chi connectivity index (χ3n) is 2.10. The van der Waals surface area contributed by atoms with Gasteiger partial charge in [0.05, 0.1) is 0 Å². The van der Waals surface area contributed by atoms with Crippen molar-refractivity contribution in [2.45, 2.75) is 0 Å². The first-order chi connectivity index (χ1) is 6.27. The summed E-state index contributed by atoms with van der Waals surface area (Å²) in [5, 5.41) is 9.31. The van der Waals surface area contributed by atoms with Crippen LogP contribution in [-0.2, 0) is 0 Å². The first-order valence-electron chi connectivity index (χ1n) is 4.22. The lowest BCUT2D eigenvalue weighted by Gasteiger charge is -2.33. The molecule has 4 nitrogen and oxygen atoms in total. The second kappa shape index (κ2) is 5.10. The quantitative estimate of drug-likeness (QED) is 0.322. The number of aliphatic imine (C=N–C) groups is 1. The third-order valence-corrected chi connectivity index (χ3v) is 2.82. The molecular formula is C8H14N4S. The van der Waals surface area contributed by atoms with Crippen LogP contribution in [0, 0.1) is 11.5 Å². The lowest BCUT2D eigenvalue weighted by molar-refractivity contribution is 0.218. The van der Waals surface area contributed by atoms with Gasteiger partial charge in [-0.05, 0) is 13.3 Å². The van der Waals surface area contributed by atoms with Crippen LogP contribution >= 0.6 is 11.8 Å². The number of rotatable bonds is 0. The molecular weight excluding hydrogens is 184 g/mol. The van der Waals surface area contributed by atoms with E-state index in [-0.39, 0.29) is 0 Å². The Bertz CT molecular complexity index is 225. The highest BCUT2D eigenvalue weighted by molar-refractivity contribution is 8.13. The Hall–Kier alpha value is -0.730. The highest BCUT2D eigenvalue weighted by atomic mass is 32.2. The lowest BCUT2D eigenvalue weighted by atomic mass is 10.3.